The number of hydrogen-bond donors (Lipinski definition) is 3. The van der Waals surface area contributed by atoms with Gasteiger partial charge in [0.05, 0.1) is 20.4 Å². The van der Waals surface area contributed by atoms with Gasteiger partial charge in [-0.05, 0) is 19.1 Å². The van der Waals surface area contributed by atoms with Crippen LogP contribution in [0, 0.1) is 0 Å². The maximum absolute atomic E-state index is 11.4. The minimum Gasteiger partial charge on any atom is -0.493 e. The van der Waals surface area contributed by atoms with Crippen LogP contribution >= 0.6 is 0 Å². The van der Waals surface area contributed by atoms with E-state index in [-0.39, 0.29) is 18.2 Å². The Morgan fingerprint density at radius 2 is 2.19 bits per heavy atom. The zero-order chi connectivity index (χ0) is 15.2. The second-order valence-corrected chi connectivity index (χ2v) is 4.74. The number of carbonyl (C=O) groups is 1. The molecule has 1 fully saturated rings. The minimum atomic E-state index is -0.380. The predicted molar refractivity (Wildman–Crippen MR) is 79.4 cm³/mol. The first-order valence-electron chi connectivity index (χ1n) is 6.69. The van der Waals surface area contributed by atoms with Crippen LogP contribution in [0.25, 0.3) is 0 Å². The molecule has 3 N–H and O–H groups in total. The molecule has 1 aliphatic heterocycles. The zero-order valence-electron chi connectivity index (χ0n) is 12.3. The molecule has 7 nitrogen and oxygen atoms in total. The lowest BCUT2D eigenvalue weighted by atomic mass is 10.2. The number of para-hydroxylation sites is 1. The molecule has 1 aromatic carbocycles. The van der Waals surface area contributed by atoms with Crippen LogP contribution in [-0.4, -0.2) is 38.7 Å². The maximum Gasteiger partial charge on any atom is 0.224 e. The number of carbonyl (C=O) groups excluding carboxylic acids is 1. The van der Waals surface area contributed by atoms with Crippen molar-refractivity contribution in [1.82, 2.24) is 16.1 Å². The number of nitrogens with one attached hydrogen (secondary N) is 3. The number of ether oxygens (including phenoxy) is 2. The second-order valence-electron chi connectivity index (χ2n) is 4.74. The van der Waals surface area contributed by atoms with Crippen molar-refractivity contribution in [1.29, 1.82) is 0 Å². The summed E-state index contributed by atoms with van der Waals surface area (Å²) in [7, 11) is 3.16. The van der Waals surface area contributed by atoms with Crippen LogP contribution in [0.4, 0.5) is 0 Å². The van der Waals surface area contributed by atoms with Gasteiger partial charge in [-0.25, -0.2) is 0 Å². The van der Waals surface area contributed by atoms with Crippen LogP contribution in [0.1, 0.15) is 18.9 Å². The molecule has 2 rings (SSSR count). The predicted octanol–water partition coefficient (Wildman–Crippen LogP) is 0.409. The molecular weight excluding hydrogens is 272 g/mol. The highest BCUT2D eigenvalue weighted by Gasteiger charge is 2.21. The number of hydrazone groups is 1. The van der Waals surface area contributed by atoms with E-state index in [0.29, 0.717) is 17.9 Å². The first-order chi connectivity index (χ1) is 10.1. The molecule has 1 aliphatic rings. The molecule has 0 aliphatic carbocycles. The third-order valence-corrected chi connectivity index (χ3v) is 3.09. The number of nitrogens with zero attached hydrogens (tertiary/aromatic N) is 1. The molecular formula is C14H20N4O3. The van der Waals surface area contributed by atoms with E-state index in [1.807, 2.05) is 25.1 Å². The van der Waals surface area contributed by atoms with E-state index in [1.54, 1.807) is 20.4 Å². The summed E-state index contributed by atoms with van der Waals surface area (Å²) in [5.41, 5.74) is 3.63. The Bertz CT molecular complexity index is 533. The molecule has 2 atom stereocenters. The van der Waals surface area contributed by atoms with Crippen molar-refractivity contribution in [2.75, 3.05) is 14.2 Å². The Labute approximate surface area is 123 Å². The summed E-state index contributed by atoms with van der Waals surface area (Å²) >= 11 is 0. The van der Waals surface area contributed by atoms with Gasteiger partial charge >= 0.3 is 0 Å². The van der Waals surface area contributed by atoms with Crippen LogP contribution in [0.15, 0.2) is 23.3 Å². The summed E-state index contributed by atoms with van der Waals surface area (Å²) in [5, 5.41) is 10.1. The van der Waals surface area contributed by atoms with Gasteiger partial charge in [0.15, 0.2) is 17.8 Å². The van der Waals surface area contributed by atoms with Crippen LogP contribution in [0.2, 0.25) is 0 Å². The fourth-order valence-electron chi connectivity index (χ4n) is 2.15. The fourth-order valence-corrected chi connectivity index (χ4v) is 2.15. The number of hydrogen-bond acceptors (Lipinski definition) is 6. The van der Waals surface area contributed by atoms with Crippen LogP contribution in [-0.2, 0) is 4.79 Å². The smallest absolute Gasteiger partial charge is 0.224 e. The Kier molecular flexibility index (Phi) is 4.99. The van der Waals surface area contributed by atoms with Gasteiger partial charge < -0.3 is 14.8 Å². The topological polar surface area (TPSA) is 84.0 Å². The Hall–Kier alpha value is -2.28. The van der Waals surface area contributed by atoms with Crippen molar-refractivity contribution < 1.29 is 14.3 Å². The standard InChI is InChI=1S/C14H20N4O3/c1-9-7-12(19)17-14(16-9)18-15-8-10-5-4-6-11(20-2)13(10)21-3/h4-6,8-9,14,16,18H,7H2,1-3H3,(H,17,19)/b15-8+. The molecule has 7 heteroatoms. The van der Waals surface area contributed by atoms with E-state index in [4.69, 9.17) is 9.47 Å². The lowest BCUT2D eigenvalue weighted by molar-refractivity contribution is -0.124. The van der Waals surface area contributed by atoms with Gasteiger partial charge in [-0.3, -0.25) is 15.5 Å². The quantitative estimate of drug-likeness (QED) is 0.541. The summed E-state index contributed by atoms with van der Waals surface area (Å²) in [6, 6.07) is 5.64. The van der Waals surface area contributed by atoms with Gasteiger partial charge in [-0.15, -0.1) is 0 Å². The SMILES string of the molecule is COc1cccc(/C=N/NC2NC(=O)CC(C)N2)c1OC. The molecule has 1 aromatic rings. The third kappa shape index (κ3) is 3.85. The molecule has 1 saturated heterocycles. The monoisotopic (exact) mass is 292 g/mol. The van der Waals surface area contributed by atoms with Gasteiger partial charge in [-0.2, -0.15) is 5.10 Å². The average Bonchev–Trinajstić information content (AvgIpc) is 2.45. The van der Waals surface area contributed by atoms with Crippen LogP contribution in [0.5, 0.6) is 11.5 Å². The summed E-state index contributed by atoms with van der Waals surface area (Å²) in [4.78, 5) is 11.4. The van der Waals surface area contributed by atoms with Gasteiger partial charge in [0.2, 0.25) is 5.91 Å². The minimum absolute atomic E-state index is 0.00656. The van der Waals surface area contributed by atoms with Crippen molar-refractivity contribution >= 4 is 12.1 Å². The van der Waals surface area contributed by atoms with Crippen molar-refractivity contribution in [3.8, 4) is 11.5 Å². The molecule has 0 saturated carbocycles. The first kappa shape index (κ1) is 15.1. The molecule has 2 unspecified atom stereocenters. The first-order valence-corrected chi connectivity index (χ1v) is 6.69. The van der Waals surface area contributed by atoms with E-state index >= 15 is 0 Å². The number of methoxy groups -OCH3 is 2. The van der Waals surface area contributed by atoms with Crippen molar-refractivity contribution in [2.24, 2.45) is 5.10 Å². The fraction of sp³-hybridized carbons (Fsp3) is 0.429. The summed E-state index contributed by atoms with van der Waals surface area (Å²) in [5.74, 6) is 1.24. The van der Waals surface area contributed by atoms with Crippen molar-refractivity contribution in [2.45, 2.75) is 25.7 Å². The third-order valence-electron chi connectivity index (χ3n) is 3.09. The van der Waals surface area contributed by atoms with E-state index < -0.39 is 0 Å². The second kappa shape index (κ2) is 6.94. The number of rotatable bonds is 5. The molecule has 0 spiro atoms. The van der Waals surface area contributed by atoms with Crippen molar-refractivity contribution in [3.05, 3.63) is 23.8 Å². The summed E-state index contributed by atoms with van der Waals surface area (Å²) in [6.45, 7) is 1.95. The zero-order valence-corrected chi connectivity index (χ0v) is 12.3. The van der Waals surface area contributed by atoms with E-state index in [1.165, 1.54) is 0 Å². The number of amides is 1. The van der Waals surface area contributed by atoms with E-state index in [2.05, 4.69) is 21.2 Å². The average molecular weight is 292 g/mol. The largest absolute Gasteiger partial charge is 0.493 e. The highest BCUT2D eigenvalue weighted by atomic mass is 16.5. The van der Waals surface area contributed by atoms with E-state index in [9.17, 15) is 4.79 Å². The Morgan fingerprint density at radius 1 is 1.38 bits per heavy atom. The summed E-state index contributed by atoms with van der Waals surface area (Å²) in [6.07, 6.45) is 1.70. The van der Waals surface area contributed by atoms with Gasteiger partial charge in [0, 0.05) is 18.0 Å². The maximum atomic E-state index is 11.4. The Morgan fingerprint density at radius 3 is 2.86 bits per heavy atom. The van der Waals surface area contributed by atoms with Gasteiger partial charge in [0.25, 0.3) is 0 Å². The van der Waals surface area contributed by atoms with E-state index in [0.717, 1.165) is 5.56 Å². The lowest BCUT2D eigenvalue weighted by Crippen LogP contribution is -2.60. The molecule has 1 heterocycles. The van der Waals surface area contributed by atoms with Gasteiger partial charge in [0.1, 0.15) is 0 Å². The molecule has 0 bridgehead atoms. The van der Waals surface area contributed by atoms with Crippen LogP contribution < -0.4 is 25.5 Å². The van der Waals surface area contributed by atoms with Crippen molar-refractivity contribution in [3.63, 3.8) is 0 Å². The highest BCUT2D eigenvalue weighted by molar-refractivity contribution is 5.85. The molecule has 0 radical (unpaired) electrons. The highest BCUT2D eigenvalue weighted by Crippen LogP contribution is 2.29. The normalized spacial score (nSPS) is 22.0. The molecule has 21 heavy (non-hydrogen) atoms. The molecule has 114 valence electrons. The summed E-state index contributed by atoms with van der Waals surface area (Å²) < 4.78 is 10.5. The molecule has 0 aromatic heterocycles. The number of benzene rings is 1. The lowest BCUT2D eigenvalue weighted by Gasteiger charge is -2.28. The Balaban J connectivity index is 2.03. The van der Waals surface area contributed by atoms with Crippen LogP contribution in [0.3, 0.4) is 0 Å². The molecule has 1 amide bonds. The van der Waals surface area contributed by atoms with Gasteiger partial charge in [-0.1, -0.05) is 6.07 Å².